The fourth-order valence-corrected chi connectivity index (χ4v) is 5.80. The third-order valence-electron chi connectivity index (χ3n) is 7.43. The van der Waals surface area contributed by atoms with Gasteiger partial charge in [-0.2, -0.15) is 0 Å². The summed E-state index contributed by atoms with van der Waals surface area (Å²) in [6, 6.07) is 18.7. The summed E-state index contributed by atoms with van der Waals surface area (Å²) in [6.45, 7) is 0. The number of ether oxygens (including phenoxy) is 1. The van der Waals surface area contributed by atoms with Crippen LogP contribution in [0.2, 0.25) is 0 Å². The van der Waals surface area contributed by atoms with Crippen LogP contribution >= 0.6 is 0 Å². The Morgan fingerprint density at radius 3 is 2.49 bits per heavy atom. The maximum Gasteiger partial charge on any atom is 0.335 e. The number of anilines is 2. The van der Waals surface area contributed by atoms with Crippen LogP contribution in [0, 0.1) is 0 Å². The molecule has 35 heavy (non-hydrogen) atoms. The Morgan fingerprint density at radius 1 is 0.971 bits per heavy atom. The van der Waals surface area contributed by atoms with Crippen molar-refractivity contribution in [2.45, 2.75) is 31.2 Å². The summed E-state index contributed by atoms with van der Waals surface area (Å²) in [4.78, 5) is 39.6. The van der Waals surface area contributed by atoms with E-state index in [1.807, 2.05) is 18.2 Å². The highest BCUT2D eigenvalue weighted by molar-refractivity contribution is 6.41. The Hall–Kier alpha value is -4.19. The Labute approximate surface area is 202 Å². The van der Waals surface area contributed by atoms with Gasteiger partial charge in [0.05, 0.1) is 18.2 Å². The monoisotopic (exact) mass is 465 g/mol. The summed E-state index contributed by atoms with van der Waals surface area (Å²) in [5, 5.41) is 9.24. The van der Waals surface area contributed by atoms with E-state index in [2.05, 4.69) is 29.2 Å². The highest BCUT2D eigenvalue weighted by Gasteiger charge is 2.42. The molecule has 174 valence electrons. The molecule has 1 heterocycles. The number of fused-ring (bicyclic) bond motifs is 4. The van der Waals surface area contributed by atoms with Crippen molar-refractivity contribution < 1.29 is 24.2 Å². The minimum absolute atomic E-state index is 0.00502. The predicted molar refractivity (Wildman–Crippen MR) is 132 cm³/mol. The van der Waals surface area contributed by atoms with Gasteiger partial charge in [-0.15, -0.1) is 0 Å². The molecule has 6 rings (SSSR count). The topological polar surface area (TPSA) is 83.9 Å². The molecule has 1 fully saturated rings. The number of rotatable bonds is 4. The number of carboxylic acids is 1. The zero-order valence-electron chi connectivity index (χ0n) is 19.2. The standard InChI is InChI=1S/C29H23NO5/c1-35-19-9-7-18(8-10-19)30-25-4-2-3-20(25)22-13-16(5-12-26(22)30)14-24-27(31)21-11-6-17(29(33)34)15-23(21)28(24)32/h5-15,20,25H,2-4H2,1H3,(H,33,34)/b24-14+. The molecule has 3 aliphatic rings. The van der Waals surface area contributed by atoms with Crippen LogP contribution < -0.4 is 9.64 Å². The lowest BCUT2D eigenvalue weighted by molar-refractivity contribution is 0.0696. The van der Waals surface area contributed by atoms with Crippen LogP contribution in [-0.4, -0.2) is 35.8 Å². The minimum atomic E-state index is -1.13. The number of allylic oxidation sites excluding steroid dienone is 1. The summed E-state index contributed by atoms with van der Waals surface area (Å²) < 4.78 is 5.32. The molecule has 2 unspecified atom stereocenters. The van der Waals surface area contributed by atoms with Crippen LogP contribution in [0.3, 0.4) is 0 Å². The zero-order valence-corrected chi connectivity index (χ0v) is 19.2. The normalized spacial score (nSPS) is 21.3. The van der Waals surface area contributed by atoms with E-state index in [0.717, 1.165) is 42.0 Å². The van der Waals surface area contributed by atoms with Gasteiger partial charge in [0.2, 0.25) is 0 Å². The lowest BCUT2D eigenvalue weighted by atomic mass is 9.95. The van der Waals surface area contributed by atoms with Gasteiger partial charge in [-0.3, -0.25) is 9.59 Å². The zero-order chi connectivity index (χ0) is 24.3. The van der Waals surface area contributed by atoms with E-state index < -0.39 is 11.8 Å². The van der Waals surface area contributed by atoms with Gasteiger partial charge in [0, 0.05) is 34.5 Å². The van der Waals surface area contributed by atoms with Crippen LogP contribution in [0.5, 0.6) is 5.75 Å². The molecule has 6 nitrogen and oxygen atoms in total. The molecule has 0 spiro atoms. The third-order valence-corrected chi connectivity index (χ3v) is 7.43. The lowest BCUT2D eigenvalue weighted by Gasteiger charge is -2.27. The van der Waals surface area contributed by atoms with Crippen molar-refractivity contribution in [3.63, 3.8) is 0 Å². The summed E-state index contributed by atoms with van der Waals surface area (Å²) in [5.41, 5.74) is 4.81. The molecule has 0 bridgehead atoms. The van der Waals surface area contributed by atoms with Gasteiger partial charge >= 0.3 is 5.97 Å². The van der Waals surface area contributed by atoms with Crippen molar-refractivity contribution in [2.75, 3.05) is 12.0 Å². The van der Waals surface area contributed by atoms with Gasteiger partial charge in [0.25, 0.3) is 0 Å². The van der Waals surface area contributed by atoms with Gasteiger partial charge in [0.1, 0.15) is 5.75 Å². The molecule has 1 aliphatic heterocycles. The Kier molecular flexibility index (Phi) is 4.85. The second kappa shape index (κ2) is 7.94. The van der Waals surface area contributed by atoms with Gasteiger partial charge in [-0.1, -0.05) is 12.5 Å². The first-order valence-corrected chi connectivity index (χ1v) is 11.7. The fraction of sp³-hybridized carbons (Fsp3) is 0.207. The van der Waals surface area contributed by atoms with E-state index in [4.69, 9.17) is 4.74 Å². The van der Waals surface area contributed by atoms with Crippen molar-refractivity contribution in [3.8, 4) is 5.75 Å². The molecule has 3 aromatic rings. The Balaban J connectivity index is 1.37. The van der Waals surface area contributed by atoms with Crippen LogP contribution in [0.15, 0.2) is 66.2 Å². The summed E-state index contributed by atoms with van der Waals surface area (Å²) in [7, 11) is 1.66. The number of carbonyl (C=O) groups excluding carboxylic acids is 2. The Morgan fingerprint density at radius 2 is 1.74 bits per heavy atom. The number of hydrogen-bond donors (Lipinski definition) is 1. The molecular formula is C29H23NO5. The van der Waals surface area contributed by atoms with E-state index >= 15 is 0 Å². The molecule has 3 aromatic carbocycles. The minimum Gasteiger partial charge on any atom is -0.497 e. The van der Waals surface area contributed by atoms with Crippen molar-refractivity contribution in [1.82, 2.24) is 0 Å². The summed E-state index contributed by atoms with van der Waals surface area (Å²) in [5.74, 6) is -0.693. The van der Waals surface area contributed by atoms with Gasteiger partial charge < -0.3 is 14.7 Å². The predicted octanol–water partition coefficient (Wildman–Crippen LogP) is 5.64. The number of Topliss-reactive ketones (excluding diaryl/α,β-unsaturated/α-hetero) is 2. The van der Waals surface area contributed by atoms with E-state index in [1.165, 1.54) is 23.8 Å². The molecule has 2 atom stereocenters. The van der Waals surface area contributed by atoms with Crippen LogP contribution in [0.1, 0.15) is 67.4 Å². The second-order valence-electron chi connectivity index (χ2n) is 9.27. The number of hydrogen-bond acceptors (Lipinski definition) is 5. The van der Waals surface area contributed by atoms with E-state index in [9.17, 15) is 19.5 Å². The highest BCUT2D eigenvalue weighted by atomic mass is 16.5. The summed E-state index contributed by atoms with van der Waals surface area (Å²) >= 11 is 0. The molecule has 1 saturated carbocycles. The molecule has 0 saturated heterocycles. The van der Waals surface area contributed by atoms with Gasteiger partial charge in [-0.25, -0.2) is 4.79 Å². The lowest BCUT2D eigenvalue weighted by Crippen LogP contribution is -2.26. The van der Waals surface area contributed by atoms with E-state index in [0.29, 0.717) is 12.0 Å². The van der Waals surface area contributed by atoms with Crippen LogP contribution in [0.25, 0.3) is 6.08 Å². The van der Waals surface area contributed by atoms with Gasteiger partial charge in [0.15, 0.2) is 11.6 Å². The number of methoxy groups -OCH3 is 1. The van der Waals surface area contributed by atoms with Crippen molar-refractivity contribution >= 4 is 35.0 Å². The third kappa shape index (κ3) is 3.28. The fourth-order valence-electron chi connectivity index (χ4n) is 5.80. The van der Waals surface area contributed by atoms with Crippen LogP contribution in [0.4, 0.5) is 11.4 Å². The number of benzene rings is 3. The van der Waals surface area contributed by atoms with E-state index in [1.54, 1.807) is 13.2 Å². The molecule has 6 heteroatoms. The quantitative estimate of drug-likeness (QED) is 0.396. The maximum atomic E-state index is 13.0. The molecule has 0 radical (unpaired) electrons. The number of aromatic carboxylic acids is 1. The molecule has 1 N–H and O–H groups in total. The first-order chi connectivity index (χ1) is 17.0. The maximum absolute atomic E-state index is 13.0. The molecule has 0 aromatic heterocycles. The second-order valence-corrected chi connectivity index (χ2v) is 9.27. The number of carbonyl (C=O) groups is 3. The molecular weight excluding hydrogens is 442 g/mol. The number of ketones is 2. The molecule has 2 aliphatic carbocycles. The highest BCUT2D eigenvalue weighted by Crippen LogP contribution is 2.52. The van der Waals surface area contributed by atoms with Gasteiger partial charge in [-0.05, 0) is 84.6 Å². The largest absolute Gasteiger partial charge is 0.497 e. The van der Waals surface area contributed by atoms with Crippen molar-refractivity contribution in [1.29, 1.82) is 0 Å². The first-order valence-electron chi connectivity index (χ1n) is 11.7. The number of nitrogens with zero attached hydrogens (tertiary/aromatic N) is 1. The van der Waals surface area contributed by atoms with Crippen LogP contribution in [-0.2, 0) is 0 Å². The SMILES string of the molecule is COc1ccc(N2c3ccc(/C=C4\C(=O)c5ccc(C(=O)O)cc5C4=O)cc3C3CCCC32)cc1. The average Bonchev–Trinajstić information content (AvgIpc) is 3.53. The average molecular weight is 466 g/mol. The smallest absolute Gasteiger partial charge is 0.335 e. The summed E-state index contributed by atoms with van der Waals surface area (Å²) in [6.07, 6.45) is 5.02. The van der Waals surface area contributed by atoms with Crippen molar-refractivity contribution in [2.24, 2.45) is 0 Å². The van der Waals surface area contributed by atoms with Crippen molar-refractivity contribution in [3.05, 3.63) is 94.1 Å². The van der Waals surface area contributed by atoms with E-state index in [-0.39, 0.29) is 28.0 Å². The first kappa shape index (κ1) is 21.4. The Bertz CT molecular complexity index is 1440. The number of carboxylic acid groups (broad SMARTS) is 1. The molecule has 0 amide bonds.